The fourth-order valence-electron chi connectivity index (χ4n) is 5.10. The molecule has 0 unspecified atom stereocenters. The Bertz CT molecular complexity index is 1750. The lowest BCUT2D eigenvalue weighted by molar-refractivity contribution is -0.137. The van der Waals surface area contributed by atoms with Crippen molar-refractivity contribution in [3.63, 3.8) is 0 Å². The lowest BCUT2D eigenvalue weighted by atomic mass is 9.94. The number of alkyl halides is 6. The molecule has 2 heterocycles. The van der Waals surface area contributed by atoms with Gasteiger partial charge >= 0.3 is 12.4 Å². The van der Waals surface area contributed by atoms with Gasteiger partial charge in [-0.15, -0.1) is 0 Å². The first-order chi connectivity index (χ1) is 21.3. The summed E-state index contributed by atoms with van der Waals surface area (Å²) in [5, 5.41) is 0.104. The van der Waals surface area contributed by atoms with E-state index in [1.165, 1.54) is 48.4 Å². The van der Waals surface area contributed by atoms with Gasteiger partial charge in [-0.1, -0.05) is 53.7 Å². The van der Waals surface area contributed by atoms with Crippen LogP contribution in [0.3, 0.4) is 0 Å². The third-order valence-corrected chi connectivity index (χ3v) is 7.20. The molecule has 0 amide bonds. The molecule has 0 fully saturated rings. The van der Waals surface area contributed by atoms with Crippen molar-refractivity contribution >= 4 is 27.5 Å². The Balaban J connectivity index is 0.000000417. The van der Waals surface area contributed by atoms with E-state index in [1.807, 2.05) is 27.7 Å². The minimum Gasteiger partial charge on any atom is -0.378 e. The van der Waals surface area contributed by atoms with Gasteiger partial charge in [0.25, 0.3) is 11.1 Å². The van der Waals surface area contributed by atoms with Crippen LogP contribution in [0.25, 0.3) is 21.8 Å². The highest BCUT2D eigenvalue weighted by molar-refractivity contribution is 5.87. The molecule has 2 N–H and O–H groups in total. The van der Waals surface area contributed by atoms with Crippen molar-refractivity contribution < 1.29 is 26.3 Å². The summed E-state index contributed by atoms with van der Waals surface area (Å²) in [6.45, 7) is 12.8. The fourth-order valence-corrected chi connectivity index (χ4v) is 5.10. The highest BCUT2D eigenvalue weighted by atomic mass is 19.4. The molecule has 0 aliphatic rings. The van der Waals surface area contributed by atoms with Gasteiger partial charge in [-0.25, -0.2) is 0 Å². The largest absolute Gasteiger partial charge is 0.417 e. The summed E-state index contributed by atoms with van der Waals surface area (Å²) >= 11 is 0. The smallest absolute Gasteiger partial charge is 0.378 e. The Labute approximate surface area is 266 Å². The van der Waals surface area contributed by atoms with Gasteiger partial charge in [0.05, 0.1) is 22.2 Å². The molecule has 256 valence electrons. The van der Waals surface area contributed by atoms with Crippen LogP contribution in [0.15, 0.2) is 46.0 Å². The zero-order valence-corrected chi connectivity index (χ0v) is 28.5. The molecule has 2 aromatic heterocycles. The van der Waals surface area contributed by atoms with Crippen LogP contribution in [0, 0.1) is 6.92 Å². The van der Waals surface area contributed by atoms with E-state index in [2.05, 4.69) is 0 Å². The van der Waals surface area contributed by atoms with E-state index < -0.39 is 40.5 Å². The zero-order chi connectivity index (χ0) is 35.9. The highest BCUT2D eigenvalue weighted by Crippen LogP contribution is 2.39. The number of aromatic nitrogens is 2. The third kappa shape index (κ3) is 8.51. The Morgan fingerprint density at radius 2 is 1.28 bits per heavy atom. The van der Waals surface area contributed by atoms with Crippen LogP contribution in [0.2, 0.25) is 0 Å². The summed E-state index contributed by atoms with van der Waals surface area (Å²) in [4.78, 5) is 26.1. The van der Waals surface area contributed by atoms with Crippen LogP contribution in [0.5, 0.6) is 0 Å². The summed E-state index contributed by atoms with van der Waals surface area (Å²) in [6.07, 6.45) is -8.63. The van der Waals surface area contributed by atoms with E-state index in [0.29, 0.717) is 13.0 Å². The number of benzene rings is 2. The molecule has 0 bridgehead atoms. The van der Waals surface area contributed by atoms with Gasteiger partial charge < -0.3 is 19.8 Å². The SMILES string of the molecule is CC.CC.CC(C)c1c(C(F)(F)F)c2ccc(N(C)C)cc2n(C)c1=O.Cc1c(C(F)(F)F)c2cc(CCN)ccc2n(C)c1=O. The monoisotopic (exact) mass is 656 g/mol. The molecule has 0 saturated heterocycles. The van der Waals surface area contributed by atoms with Crippen molar-refractivity contribution in [3.05, 3.63) is 84.9 Å². The Hall–Kier alpha value is -3.80. The topological polar surface area (TPSA) is 73.3 Å². The summed E-state index contributed by atoms with van der Waals surface area (Å²) in [5.74, 6) is -0.506. The van der Waals surface area contributed by atoms with Gasteiger partial charge in [-0.2, -0.15) is 26.3 Å². The standard InChI is InChI=1S/C16H19F3N2O.C14H15F3N2O.2C2H6/c1-9(2)13-14(16(17,18)19)11-7-6-10(20(3)4)8-12(11)21(5)15(13)22;1-8-12(14(15,16)17)10-7-9(5-6-18)3-4-11(10)19(2)13(8)20;2*1-2/h6-9H,1-5H3;3-4,7H,5-6,18H2,1-2H3;2*1-2H3. The van der Waals surface area contributed by atoms with Crippen LogP contribution in [0.1, 0.15) is 75.3 Å². The molecule has 0 saturated carbocycles. The predicted molar refractivity (Wildman–Crippen MR) is 177 cm³/mol. The number of nitrogens with two attached hydrogens (primary N) is 1. The maximum Gasteiger partial charge on any atom is 0.417 e. The van der Waals surface area contributed by atoms with E-state index in [0.717, 1.165) is 11.3 Å². The molecule has 0 radical (unpaired) electrons. The molecular weight excluding hydrogens is 610 g/mol. The number of anilines is 1. The molecule has 0 aliphatic heterocycles. The van der Waals surface area contributed by atoms with E-state index in [9.17, 15) is 35.9 Å². The number of hydrogen-bond donors (Lipinski definition) is 1. The molecule has 12 heteroatoms. The number of pyridine rings is 2. The van der Waals surface area contributed by atoms with Crippen molar-refractivity contribution in [3.8, 4) is 0 Å². The van der Waals surface area contributed by atoms with E-state index >= 15 is 0 Å². The number of halogens is 6. The van der Waals surface area contributed by atoms with Crippen molar-refractivity contribution in [2.45, 2.75) is 73.2 Å². The Morgan fingerprint density at radius 1 is 0.761 bits per heavy atom. The maximum absolute atomic E-state index is 13.6. The second-order valence-electron chi connectivity index (χ2n) is 10.7. The van der Waals surface area contributed by atoms with E-state index in [4.69, 9.17) is 5.73 Å². The van der Waals surface area contributed by atoms with E-state index in [-0.39, 0.29) is 32.9 Å². The summed E-state index contributed by atoms with van der Waals surface area (Å²) in [5.41, 5.74) is 4.11. The first kappa shape index (κ1) is 40.2. The van der Waals surface area contributed by atoms with Gasteiger partial charge in [0.15, 0.2) is 0 Å². The Morgan fingerprint density at radius 3 is 1.74 bits per heavy atom. The summed E-state index contributed by atoms with van der Waals surface area (Å²) in [7, 11) is 6.58. The molecule has 4 rings (SSSR count). The van der Waals surface area contributed by atoms with Crippen LogP contribution in [-0.2, 0) is 32.9 Å². The highest BCUT2D eigenvalue weighted by Gasteiger charge is 2.38. The number of rotatable bonds is 4. The molecule has 0 atom stereocenters. The summed E-state index contributed by atoms with van der Waals surface area (Å²) < 4.78 is 82.9. The van der Waals surface area contributed by atoms with Crippen molar-refractivity contribution in [2.75, 3.05) is 25.5 Å². The van der Waals surface area contributed by atoms with Crippen molar-refractivity contribution in [1.82, 2.24) is 9.13 Å². The minimum absolute atomic E-state index is 0.0445. The maximum atomic E-state index is 13.6. The second kappa shape index (κ2) is 16.2. The molecule has 0 spiro atoms. The molecule has 6 nitrogen and oxygen atoms in total. The van der Waals surface area contributed by atoms with Crippen LogP contribution < -0.4 is 21.8 Å². The number of fused-ring (bicyclic) bond motifs is 2. The molecule has 4 aromatic rings. The first-order valence-electron chi connectivity index (χ1n) is 15.1. The van der Waals surface area contributed by atoms with Gasteiger partial charge in [0.1, 0.15) is 0 Å². The molecule has 46 heavy (non-hydrogen) atoms. The van der Waals surface area contributed by atoms with Gasteiger partial charge in [0.2, 0.25) is 0 Å². The van der Waals surface area contributed by atoms with Crippen molar-refractivity contribution in [2.24, 2.45) is 19.8 Å². The molecule has 0 aliphatic carbocycles. The Kier molecular flexibility index (Phi) is 14.1. The average molecular weight is 657 g/mol. The van der Waals surface area contributed by atoms with Gasteiger partial charge in [0, 0.05) is 55.8 Å². The van der Waals surface area contributed by atoms with Crippen LogP contribution in [0.4, 0.5) is 32.0 Å². The summed E-state index contributed by atoms with van der Waals surface area (Å²) in [6, 6.07) is 9.39. The third-order valence-electron chi connectivity index (χ3n) is 7.20. The van der Waals surface area contributed by atoms with Crippen molar-refractivity contribution in [1.29, 1.82) is 0 Å². The number of nitrogens with zero attached hydrogens (tertiary/aromatic N) is 3. The molecule has 2 aromatic carbocycles. The van der Waals surface area contributed by atoms with Crippen LogP contribution >= 0.6 is 0 Å². The van der Waals surface area contributed by atoms with Gasteiger partial charge in [-0.05, 0) is 55.6 Å². The van der Waals surface area contributed by atoms with Gasteiger partial charge in [-0.3, -0.25) is 9.59 Å². The first-order valence-corrected chi connectivity index (χ1v) is 15.1. The fraction of sp³-hybridized carbons (Fsp3) is 0.471. The predicted octanol–water partition coefficient (Wildman–Crippen LogP) is 8.17. The van der Waals surface area contributed by atoms with Crippen LogP contribution in [-0.4, -0.2) is 29.8 Å². The lowest BCUT2D eigenvalue weighted by Gasteiger charge is -2.21. The normalized spacial score (nSPS) is 11.4. The lowest BCUT2D eigenvalue weighted by Crippen LogP contribution is -2.28. The average Bonchev–Trinajstić information content (AvgIpc) is 2.98. The quantitative estimate of drug-likeness (QED) is 0.225. The number of aryl methyl sites for hydroxylation is 2. The molecular formula is C34H46F6N4O2. The van der Waals surface area contributed by atoms with E-state index in [1.54, 1.807) is 51.0 Å². The zero-order valence-electron chi connectivity index (χ0n) is 28.5. The second-order valence-corrected chi connectivity index (χ2v) is 10.7. The number of hydrogen-bond acceptors (Lipinski definition) is 4. The minimum atomic E-state index is -4.56.